The molecule has 2 rings (SSSR count). The highest BCUT2D eigenvalue weighted by molar-refractivity contribution is 6.32. The molecule has 0 atom stereocenters. The van der Waals surface area contributed by atoms with Gasteiger partial charge in [0.15, 0.2) is 18.1 Å². The molecule has 0 radical (unpaired) electrons. The maximum absolute atomic E-state index is 12.5. The first-order valence-corrected chi connectivity index (χ1v) is 8.50. The van der Waals surface area contributed by atoms with Gasteiger partial charge in [-0.25, -0.2) is 4.98 Å². The van der Waals surface area contributed by atoms with Gasteiger partial charge in [-0.1, -0.05) is 11.6 Å². The SMILES string of the molecule is COCCOc1ccc(NC(=O)c2cc(Cl)c(OCC(N)=O)c(OC)c2)cn1. The third-order valence-corrected chi connectivity index (χ3v) is 3.66. The van der Waals surface area contributed by atoms with Crippen molar-refractivity contribution in [1.82, 2.24) is 4.98 Å². The predicted octanol–water partition coefficient (Wildman–Crippen LogP) is 1.89. The molecule has 0 aliphatic carbocycles. The van der Waals surface area contributed by atoms with Crippen molar-refractivity contribution in [2.24, 2.45) is 5.73 Å². The Hall–Kier alpha value is -3.04. The van der Waals surface area contributed by atoms with Crippen molar-refractivity contribution >= 4 is 29.1 Å². The van der Waals surface area contributed by atoms with Gasteiger partial charge in [0.25, 0.3) is 11.8 Å². The van der Waals surface area contributed by atoms with Crippen molar-refractivity contribution < 1.29 is 28.5 Å². The number of benzene rings is 1. The number of carbonyl (C=O) groups excluding carboxylic acids is 2. The van der Waals surface area contributed by atoms with Crippen molar-refractivity contribution in [3.63, 3.8) is 0 Å². The second kappa shape index (κ2) is 10.3. The lowest BCUT2D eigenvalue weighted by molar-refractivity contribution is -0.119. The molecule has 0 bridgehead atoms. The number of aromatic nitrogens is 1. The van der Waals surface area contributed by atoms with E-state index in [9.17, 15) is 9.59 Å². The molecular weight excluding hydrogens is 390 g/mol. The summed E-state index contributed by atoms with van der Waals surface area (Å²) in [6, 6.07) is 6.11. The Labute approximate surface area is 166 Å². The molecule has 9 nitrogen and oxygen atoms in total. The molecule has 0 spiro atoms. The summed E-state index contributed by atoms with van der Waals surface area (Å²) in [6.45, 7) is 0.450. The van der Waals surface area contributed by atoms with Crippen LogP contribution < -0.4 is 25.3 Å². The molecule has 3 N–H and O–H groups in total. The highest BCUT2D eigenvalue weighted by Crippen LogP contribution is 2.36. The molecule has 2 amide bonds. The first kappa shape index (κ1) is 21.3. The largest absolute Gasteiger partial charge is 0.493 e. The molecule has 1 aromatic heterocycles. The van der Waals surface area contributed by atoms with E-state index >= 15 is 0 Å². The number of hydrogen-bond donors (Lipinski definition) is 2. The topological polar surface area (TPSA) is 122 Å². The van der Waals surface area contributed by atoms with E-state index in [4.69, 9.17) is 36.3 Å². The molecule has 28 heavy (non-hydrogen) atoms. The van der Waals surface area contributed by atoms with Crippen LogP contribution in [0.3, 0.4) is 0 Å². The monoisotopic (exact) mass is 409 g/mol. The first-order chi connectivity index (χ1) is 13.4. The summed E-state index contributed by atoms with van der Waals surface area (Å²) in [6.07, 6.45) is 1.46. The summed E-state index contributed by atoms with van der Waals surface area (Å²) in [7, 11) is 2.96. The maximum Gasteiger partial charge on any atom is 0.255 e. The van der Waals surface area contributed by atoms with E-state index in [1.54, 1.807) is 19.2 Å². The molecule has 0 aliphatic rings. The standard InChI is InChI=1S/C18H20ClN3O6/c1-25-5-6-27-16-4-3-12(9-21-16)22-18(24)11-7-13(19)17(14(8-11)26-2)28-10-15(20)23/h3-4,7-9H,5-6,10H2,1-2H3,(H2,20,23)(H,22,24). The Balaban J connectivity index is 2.09. The van der Waals surface area contributed by atoms with Crippen molar-refractivity contribution in [3.05, 3.63) is 41.0 Å². The minimum Gasteiger partial charge on any atom is -0.493 e. The maximum atomic E-state index is 12.5. The molecule has 1 heterocycles. The number of hydrogen-bond acceptors (Lipinski definition) is 7. The van der Waals surface area contributed by atoms with Gasteiger partial charge in [0.1, 0.15) is 6.61 Å². The minimum absolute atomic E-state index is 0.103. The number of anilines is 1. The van der Waals surface area contributed by atoms with Crippen LogP contribution in [0.5, 0.6) is 17.4 Å². The molecule has 2 aromatic rings. The fourth-order valence-electron chi connectivity index (χ4n) is 2.11. The van der Waals surface area contributed by atoms with Crippen molar-refractivity contribution in [3.8, 4) is 17.4 Å². The van der Waals surface area contributed by atoms with E-state index in [1.807, 2.05) is 0 Å². The van der Waals surface area contributed by atoms with Crippen LogP contribution in [0.2, 0.25) is 5.02 Å². The first-order valence-electron chi connectivity index (χ1n) is 8.12. The third kappa shape index (κ3) is 6.00. The second-order valence-corrected chi connectivity index (χ2v) is 5.83. The number of primary amides is 1. The lowest BCUT2D eigenvalue weighted by Gasteiger charge is -2.13. The number of methoxy groups -OCH3 is 2. The Bertz CT molecular complexity index is 829. The van der Waals surface area contributed by atoms with Gasteiger partial charge < -0.3 is 30.0 Å². The predicted molar refractivity (Wildman–Crippen MR) is 102 cm³/mol. The van der Waals surface area contributed by atoms with E-state index in [2.05, 4.69) is 10.3 Å². The minimum atomic E-state index is -0.665. The molecule has 0 aliphatic heterocycles. The zero-order valence-corrected chi connectivity index (χ0v) is 16.1. The van der Waals surface area contributed by atoms with Crippen LogP contribution >= 0.6 is 11.6 Å². The second-order valence-electron chi connectivity index (χ2n) is 5.42. The summed E-state index contributed by atoms with van der Waals surface area (Å²) in [5.41, 5.74) is 5.75. The molecule has 0 fully saturated rings. The van der Waals surface area contributed by atoms with Gasteiger partial charge >= 0.3 is 0 Å². The van der Waals surface area contributed by atoms with Crippen LogP contribution in [0.1, 0.15) is 10.4 Å². The zero-order valence-electron chi connectivity index (χ0n) is 15.4. The normalized spacial score (nSPS) is 10.2. The Morgan fingerprint density at radius 3 is 2.57 bits per heavy atom. The van der Waals surface area contributed by atoms with E-state index < -0.39 is 11.8 Å². The Kier molecular flexibility index (Phi) is 7.85. The van der Waals surface area contributed by atoms with Gasteiger partial charge in [0.2, 0.25) is 5.88 Å². The molecule has 0 saturated carbocycles. The number of rotatable bonds is 10. The average molecular weight is 410 g/mol. The zero-order chi connectivity index (χ0) is 20.5. The third-order valence-electron chi connectivity index (χ3n) is 3.38. The van der Waals surface area contributed by atoms with Crippen LogP contribution in [0.25, 0.3) is 0 Å². The van der Waals surface area contributed by atoms with Gasteiger partial charge in [-0.3, -0.25) is 9.59 Å². The number of nitrogens with zero attached hydrogens (tertiary/aromatic N) is 1. The number of carbonyl (C=O) groups is 2. The lowest BCUT2D eigenvalue weighted by Crippen LogP contribution is -2.20. The smallest absolute Gasteiger partial charge is 0.255 e. The lowest BCUT2D eigenvalue weighted by atomic mass is 10.2. The average Bonchev–Trinajstić information content (AvgIpc) is 2.67. The van der Waals surface area contributed by atoms with Crippen LogP contribution in [0.4, 0.5) is 5.69 Å². The molecule has 0 unspecified atom stereocenters. The summed E-state index contributed by atoms with van der Waals surface area (Å²) < 4.78 is 20.7. The molecule has 1 aromatic carbocycles. The van der Waals surface area contributed by atoms with Crippen molar-refractivity contribution in [1.29, 1.82) is 0 Å². The number of nitrogens with one attached hydrogen (secondary N) is 1. The van der Waals surface area contributed by atoms with Gasteiger partial charge in [-0.15, -0.1) is 0 Å². The molecule has 10 heteroatoms. The van der Waals surface area contributed by atoms with Crippen LogP contribution in [0, 0.1) is 0 Å². The van der Waals surface area contributed by atoms with Crippen LogP contribution in [-0.2, 0) is 9.53 Å². The summed E-state index contributed by atoms with van der Waals surface area (Å²) in [5.74, 6) is -0.369. The fourth-order valence-corrected chi connectivity index (χ4v) is 2.37. The van der Waals surface area contributed by atoms with Crippen LogP contribution in [-0.4, -0.2) is 50.8 Å². The van der Waals surface area contributed by atoms with Gasteiger partial charge in [0.05, 0.1) is 30.6 Å². The number of amides is 2. The van der Waals surface area contributed by atoms with E-state index in [0.29, 0.717) is 24.8 Å². The molecule has 0 saturated heterocycles. The van der Waals surface area contributed by atoms with Gasteiger partial charge in [-0.05, 0) is 18.2 Å². The van der Waals surface area contributed by atoms with Crippen LogP contribution in [0.15, 0.2) is 30.5 Å². The highest BCUT2D eigenvalue weighted by atomic mass is 35.5. The quantitative estimate of drug-likeness (QED) is 0.574. The highest BCUT2D eigenvalue weighted by Gasteiger charge is 2.17. The summed E-state index contributed by atoms with van der Waals surface area (Å²) in [5, 5.41) is 2.79. The van der Waals surface area contributed by atoms with Crippen molar-refractivity contribution in [2.45, 2.75) is 0 Å². The Morgan fingerprint density at radius 1 is 1.18 bits per heavy atom. The van der Waals surface area contributed by atoms with Gasteiger partial charge in [-0.2, -0.15) is 0 Å². The molecule has 150 valence electrons. The Morgan fingerprint density at radius 2 is 1.96 bits per heavy atom. The van der Waals surface area contributed by atoms with Crippen molar-refractivity contribution in [2.75, 3.05) is 39.4 Å². The number of pyridine rings is 1. The number of nitrogens with two attached hydrogens (primary N) is 1. The number of ether oxygens (including phenoxy) is 4. The van der Waals surface area contributed by atoms with E-state index in [1.165, 1.54) is 25.4 Å². The fraction of sp³-hybridized carbons (Fsp3) is 0.278. The summed E-state index contributed by atoms with van der Waals surface area (Å²) in [4.78, 5) is 27.5. The number of halogens is 1. The summed E-state index contributed by atoms with van der Waals surface area (Å²) >= 11 is 6.15. The van der Waals surface area contributed by atoms with E-state index in [-0.39, 0.29) is 28.7 Å². The molecular formula is C18H20ClN3O6. The van der Waals surface area contributed by atoms with Gasteiger partial charge in [0, 0.05) is 18.7 Å². The van der Waals surface area contributed by atoms with E-state index in [0.717, 1.165) is 0 Å².